The van der Waals surface area contributed by atoms with Gasteiger partial charge in [0, 0.05) is 63.5 Å². The van der Waals surface area contributed by atoms with Crippen LogP contribution in [-0.2, 0) is 0 Å². The van der Waals surface area contributed by atoms with Crippen molar-refractivity contribution in [2.24, 2.45) is 0 Å². The Kier molecular flexibility index (Phi) is 14.6. The van der Waals surface area contributed by atoms with Gasteiger partial charge in [0.05, 0.1) is 40.6 Å². The maximum atomic E-state index is 13.4. The summed E-state index contributed by atoms with van der Waals surface area (Å²) in [5.41, 5.74) is 5.10. The third-order valence-electron chi connectivity index (χ3n) is 10.8. The van der Waals surface area contributed by atoms with E-state index in [9.17, 15) is 9.59 Å². The van der Waals surface area contributed by atoms with E-state index in [4.69, 9.17) is 28.4 Å². The molecular weight excluding hydrogens is 749 g/mol. The summed E-state index contributed by atoms with van der Waals surface area (Å²) in [5, 5.41) is 0. The Hall–Kier alpha value is -5.46. The molecule has 0 N–H and O–H groups in total. The number of hydrogen-bond donors (Lipinski definition) is 0. The highest BCUT2D eigenvalue weighted by molar-refractivity contribution is 5.95. The molecular formula is C47H60N4O8. The molecule has 0 unspecified atom stereocenters. The van der Waals surface area contributed by atoms with Gasteiger partial charge in [-0.1, -0.05) is 24.3 Å². The third-order valence-corrected chi connectivity index (χ3v) is 10.8. The monoisotopic (exact) mass is 808 g/mol. The van der Waals surface area contributed by atoms with Crippen LogP contribution in [0, 0.1) is 0 Å². The zero-order valence-electron chi connectivity index (χ0n) is 35.9. The van der Waals surface area contributed by atoms with Crippen molar-refractivity contribution in [1.82, 2.24) is 19.6 Å². The van der Waals surface area contributed by atoms with Gasteiger partial charge >= 0.3 is 0 Å². The van der Waals surface area contributed by atoms with Crippen LogP contribution in [-0.4, -0.2) is 138 Å². The second-order valence-electron chi connectivity index (χ2n) is 15.5. The SMILES string of the molecule is COc1cc(-c2ccc(C(=O)N3CCN(CCCN4CCN(C(=O)c5ccc(-c6cc(OC)c(OC(C)C)c(OC)c6)cc5)CC4)CC3)cc2)cc(OC)c1OC(C)C. The third kappa shape index (κ3) is 10.6. The van der Waals surface area contributed by atoms with E-state index in [0.29, 0.717) is 71.8 Å². The summed E-state index contributed by atoms with van der Waals surface area (Å²) >= 11 is 0. The Bertz CT molecular complexity index is 1820. The van der Waals surface area contributed by atoms with E-state index < -0.39 is 0 Å². The molecule has 0 aliphatic carbocycles. The summed E-state index contributed by atoms with van der Waals surface area (Å²) in [6.45, 7) is 16.1. The number of carbonyl (C=O) groups excluding carboxylic acids is 2. The van der Waals surface area contributed by atoms with Crippen molar-refractivity contribution in [2.75, 3.05) is 93.9 Å². The fourth-order valence-electron chi connectivity index (χ4n) is 7.64. The molecule has 2 aliphatic rings. The quantitative estimate of drug-likeness (QED) is 0.115. The van der Waals surface area contributed by atoms with Gasteiger partial charge in [-0.3, -0.25) is 19.4 Å². The van der Waals surface area contributed by atoms with E-state index in [1.54, 1.807) is 28.4 Å². The van der Waals surface area contributed by atoms with Crippen LogP contribution in [0.3, 0.4) is 0 Å². The molecule has 12 nitrogen and oxygen atoms in total. The van der Waals surface area contributed by atoms with Crippen LogP contribution in [0.25, 0.3) is 22.3 Å². The molecule has 0 atom stereocenters. The Balaban J connectivity index is 0.926. The zero-order chi connectivity index (χ0) is 42.1. The summed E-state index contributed by atoms with van der Waals surface area (Å²) in [7, 11) is 6.46. The molecule has 0 saturated carbocycles. The van der Waals surface area contributed by atoms with Crippen LogP contribution in [0.1, 0.15) is 54.8 Å². The number of benzene rings is 4. The second-order valence-corrected chi connectivity index (χ2v) is 15.5. The molecule has 59 heavy (non-hydrogen) atoms. The predicted molar refractivity (Wildman–Crippen MR) is 231 cm³/mol. The van der Waals surface area contributed by atoms with Crippen molar-refractivity contribution in [3.05, 3.63) is 83.9 Å². The lowest BCUT2D eigenvalue weighted by atomic mass is 10.0. The van der Waals surface area contributed by atoms with Crippen molar-refractivity contribution in [1.29, 1.82) is 0 Å². The van der Waals surface area contributed by atoms with Crippen molar-refractivity contribution in [3.8, 4) is 56.8 Å². The van der Waals surface area contributed by atoms with E-state index in [-0.39, 0.29) is 24.0 Å². The van der Waals surface area contributed by atoms with Gasteiger partial charge in [-0.2, -0.15) is 0 Å². The summed E-state index contributed by atoms with van der Waals surface area (Å²) < 4.78 is 34.4. The maximum absolute atomic E-state index is 13.4. The number of rotatable bonds is 16. The van der Waals surface area contributed by atoms with Gasteiger partial charge in [0.25, 0.3) is 11.8 Å². The van der Waals surface area contributed by atoms with Crippen molar-refractivity contribution in [3.63, 3.8) is 0 Å². The van der Waals surface area contributed by atoms with Crippen LogP contribution >= 0.6 is 0 Å². The average molecular weight is 809 g/mol. The molecule has 12 heteroatoms. The Morgan fingerprint density at radius 1 is 0.475 bits per heavy atom. The second kappa shape index (κ2) is 20.0. The molecule has 0 aromatic heterocycles. The van der Waals surface area contributed by atoms with Crippen LogP contribution in [0.5, 0.6) is 34.5 Å². The number of amides is 2. The van der Waals surface area contributed by atoms with Crippen LogP contribution in [0.15, 0.2) is 72.8 Å². The molecule has 4 aromatic carbocycles. The standard InChI is InChI=1S/C47H60N4O8/c1-32(2)58-44-40(54-5)28-38(29-41(44)55-6)34-10-14-36(15-11-34)46(52)50-24-20-48(21-25-50)18-9-19-49-22-26-51(27-23-49)47(53)37-16-12-35(13-17-37)39-30-42(56-7)45(59-33(3)4)43(31-39)57-8/h10-17,28-33H,9,18-27H2,1-8H3. The topological polar surface area (TPSA) is 102 Å². The van der Waals surface area contributed by atoms with Gasteiger partial charge in [0.1, 0.15) is 0 Å². The number of hydrogen-bond acceptors (Lipinski definition) is 10. The minimum Gasteiger partial charge on any atom is -0.493 e. The van der Waals surface area contributed by atoms with E-state index >= 15 is 0 Å². The molecule has 0 radical (unpaired) electrons. The molecule has 2 amide bonds. The van der Waals surface area contributed by atoms with E-state index in [1.807, 2.05) is 110 Å². The molecule has 2 aliphatic heterocycles. The lowest BCUT2D eigenvalue weighted by molar-refractivity contribution is 0.0606. The molecule has 2 fully saturated rings. The summed E-state index contributed by atoms with van der Waals surface area (Å²) in [6.07, 6.45) is 0.990. The van der Waals surface area contributed by atoms with Crippen LogP contribution in [0.2, 0.25) is 0 Å². The van der Waals surface area contributed by atoms with Gasteiger partial charge in [0.2, 0.25) is 11.5 Å². The first-order valence-corrected chi connectivity index (χ1v) is 20.6. The van der Waals surface area contributed by atoms with Gasteiger partial charge in [-0.15, -0.1) is 0 Å². The van der Waals surface area contributed by atoms with E-state index in [1.165, 1.54) is 0 Å². The molecule has 6 rings (SSSR count). The van der Waals surface area contributed by atoms with Gasteiger partial charge in [-0.05, 0) is 118 Å². The van der Waals surface area contributed by atoms with Crippen molar-refractivity contribution >= 4 is 11.8 Å². The lowest BCUT2D eigenvalue weighted by Crippen LogP contribution is -2.50. The summed E-state index contributed by atoms with van der Waals surface area (Å²) in [5.74, 6) is 3.65. The normalized spacial score (nSPS) is 15.0. The van der Waals surface area contributed by atoms with Crippen molar-refractivity contribution < 1.29 is 38.0 Å². The Labute approximate surface area is 349 Å². The first kappa shape index (κ1) is 43.1. The largest absolute Gasteiger partial charge is 0.493 e. The highest BCUT2D eigenvalue weighted by Gasteiger charge is 2.25. The fraction of sp³-hybridized carbons (Fsp3) is 0.447. The Morgan fingerprint density at radius 2 is 0.780 bits per heavy atom. The van der Waals surface area contributed by atoms with Crippen LogP contribution < -0.4 is 28.4 Å². The minimum atomic E-state index is -0.0285. The molecule has 2 heterocycles. The van der Waals surface area contributed by atoms with Gasteiger partial charge in [0.15, 0.2) is 23.0 Å². The maximum Gasteiger partial charge on any atom is 0.253 e. The van der Waals surface area contributed by atoms with E-state index in [2.05, 4.69) is 9.80 Å². The zero-order valence-corrected chi connectivity index (χ0v) is 35.9. The van der Waals surface area contributed by atoms with E-state index in [0.717, 1.165) is 67.9 Å². The number of piperazine rings is 2. The number of carbonyl (C=O) groups is 2. The Morgan fingerprint density at radius 3 is 1.05 bits per heavy atom. The predicted octanol–water partition coefficient (Wildman–Crippen LogP) is 7.24. The average Bonchev–Trinajstić information content (AvgIpc) is 3.26. The molecule has 2 saturated heterocycles. The summed E-state index contributed by atoms with van der Waals surface area (Å²) in [4.78, 5) is 35.7. The highest BCUT2D eigenvalue weighted by Crippen LogP contribution is 2.43. The first-order chi connectivity index (χ1) is 28.5. The number of methoxy groups -OCH3 is 4. The van der Waals surface area contributed by atoms with Crippen LogP contribution in [0.4, 0.5) is 0 Å². The minimum absolute atomic E-state index is 0.0285. The lowest BCUT2D eigenvalue weighted by Gasteiger charge is -2.37. The molecule has 0 spiro atoms. The molecule has 4 aromatic rings. The molecule has 0 bridgehead atoms. The van der Waals surface area contributed by atoms with Crippen molar-refractivity contribution in [2.45, 2.75) is 46.3 Å². The van der Waals surface area contributed by atoms with Gasteiger partial charge in [-0.25, -0.2) is 0 Å². The number of ether oxygens (including phenoxy) is 6. The summed E-state index contributed by atoms with van der Waals surface area (Å²) in [6, 6.07) is 23.2. The fourth-order valence-corrected chi connectivity index (χ4v) is 7.64. The molecule has 316 valence electrons. The first-order valence-electron chi connectivity index (χ1n) is 20.6. The smallest absolute Gasteiger partial charge is 0.253 e. The van der Waals surface area contributed by atoms with Gasteiger partial charge < -0.3 is 38.2 Å². The highest BCUT2D eigenvalue weighted by atomic mass is 16.5. The number of nitrogens with zero attached hydrogens (tertiary/aromatic N) is 4.